The number of halogens is 1. The number of amides is 1. The molecule has 2 aromatic heterocycles. The van der Waals surface area contributed by atoms with Gasteiger partial charge in [-0.15, -0.1) is 21.5 Å². The first kappa shape index (κ1) is 18.2. The molecule has 0 aliphatic carbocycles. The van der Waals surface area contributed by atoms with Crippen LogP contribution in [0.3, 0.4) is 0 Å². The van der Waals surface area contributed by atoms with Gasteiger partial charge in [-0.25, -0.2) is 4.68 Å². The SMILES string of the molecule is Nn1c(SCC(=O)Nc2ccc(Cl)c([N+](=O)[O-])c2)nnc1-c1cccs1. The van der Waals surface area contributed by atoms with Gasteiger partial charge in [-0.2, -0.15) is 0 Å². The first-order chi connectivity index (χ1) is 12.5. The third-order valence-corrected chi connectivity index (χ3v) is 5.29. The Balaban J connectivity index is 1.63. The summed E-state index contributed by atoms with van der Waals surface area (Å²) < 4.78 is 1.32. The maximum absolute atomic E-state index is 12.1. The number of rotatable bonds is 6. The number of thiophene rings is 1. The molecule has 26 heavy (non-hydrogen) atoms. The topological polar surface area (TPSA) is 129 Å². The van der Waals surface area contributed by atoms with Crippen LogP contribution in [0.25, 0.3) is 10.7 Å². The zero-order valence-electron chi connectivity index (χ0n) is 13.0. The number of nitrogen functional groups attached to an aromatic ring is 1. The van der Waals surface area contributed by atoms with E-state index in [-0.39, 0.29) is 28.1 Å². The highest BCUT2D eigenvalue weighted by molar-refractivity contribution is 7.99. The fourth-order valence-electron chi connectivity index (χ4n) is 2.01. The minimum Gasteiger partial charge on any atom is -0.335 e. The second kappa shape index (κ2) is 7.72. The number of hydrogen-bond acceptors (Lipinski definition) is 8. The lowest BCUT2D eigenvalue weighted by Gasteiger charge is -2.06. The molecule has 0 fully saturated rings. The molecule has 3 aromatic rings. The molecule has 3 rings (SSSR count). The minimum atomic E-state index is -0.615. The molecular weight excluding hydrogens is 400 g/mol. The zero-order valence-corrected chi connectivity index (χ0v) is 15.3. The van der Waals surface area contributed by atoms with Crippen LogP contribution >= 0.6 is 34.7 Å². The summed E-state index contributed by atoms with van der Waals surface area (Å²) in [6.45, 7) is 0. The number of nitrogens with zero attached hydrogens (tertiary/aromatic N) is 4. The Morgan fingerprint density at radius 3 is 2.92 bits per heavy atom. The number of nitro groups is 1. The van der Waals surface area contributed by atoms with Gasteiger partial charge in [-0.3, -0.25) is 14.9 Å². The quantitative estimate of drug-likeness (QED) is 0.276. The van der Waals surface area contributed by atoms with Crippen molar-refractivity contribution in [2.75, 3.05) is 16.9 Å². The van der Waals surface area contributed by atoms with Crippen molar-refractivity contribution in [3.63, 3.8) is 0 Å². The summed E-state index contributed by atoms with van der Waals surface area (Å²) >= 11 is 8.32. The van der Waals surface area contributed by atoms with Gasteiger partial charge in [0, 0.05) is 11.8 Å². The Hall–Kier alpha value is -2.63. The van der Waals surface area contributed by atoms with E-state index in [0.29, 0.717) is 11.0 Å². The van der Waals surface area contributed by atoms with Crippen molar-refractivity contribution in [2.45, 2.75) is 5.16 Å². The van der Waals surface area contributed by atoms with Gasteiger partial charge in [-0.1, -0.05) is 29.4 Å². The standard InChI is InChI=1S/C14H11ClN6O3S2/c15-9-4-3-8(6-10(9)21(23)24)17-12(22)7-26-14-19-18-13(20(14)16)11-2-1-5-25-11/h1-6H,7,16H2,(H,17,22). The number of aromatic nitrogens is 3. The first-order valence-electron chi connectivity index (χ1n) is 7.06. The second-order valence-electron chi connectivity index (χ2n) is 4.91. The van der Waals surface area contributed by atoms with E-state index in [4.69, 9.17) is 17.4 Å². The van der Waals surface area contributed by atoms with E-state index in [9.17, 15) is 14.9 Å². The molecule has 0 spiro atoms. The van der Waals surface area contributed by atoms with E-state index < -0.39 is 4.92 Å². The lowest BCUT2D eigenvalue weighted by Crippen LogP contribution is -2.16. The van der Waals surface area contributed by atoms with Crippen molar-refractivity contribution in [3.05, 3.63) is 50.8 Å². The number of nitrogens with one attached hydrogen (secondary N) is 1. The monoisotopic (exact) mass is 410 g/mol. The van der Waals surface area contributed by atoms with Gasteiger partial charge in [0.25, 0.3) is 5.69 Å². The number of nitrogens with two attached hydrogens (primary N) is 1. The van der Waals surface area contributed by atoms with E-state index in [1.54, 1.807) is 0 Å². The minimum absolute atomic E-state index is 0.000265. The molecule has 0 bridgehead atoms. The van der Waals surface area contributed by atoms with Gasteiger partial charge in [0.05, 0.1) is 15.6 Å². The van der Waals surface area contributed by atoms with E-state index in [2.05, 4.69) is 15.5 Å². The molecule has 3 N–H and O–H groups in total. The number of thioether (sulfide) groups is 1. The van der Waals surface area contributed by atoms with E-state index in [1.807, 2.05) is 17.5 Å². The number of anilines is 1. The molecule has 0 atom stereocenters. The number of carbonyl (C=O) groups is 1. The summed E-state index contributed by atoms with van der Waals surface area (Å²) in [5.41, 5.74) is -0.000370. The number of carbonyl (C=O) groups excluding carboxylic acids is 1. The molecule has 1 aromatic carbocycles. The summed E-state index contributed by atoms with van der Waals surface area (Å²) in [5, 5.41) is 23.7. The lowest BCUT2D eigenvalue weighted by atomic mass is 10.3. The zero-order chi connectivity index (χ0) is 18.7. The fourth-order valence-corrected chi connectivity index (χ4v) is 3.56. The van der Waals surface area contributed by atoms with Crippen LogP contribution in [0.15, 0.2) is 40.9 Å². The molecular formula is C14H11ClN6O3S2. The van der Waals surface area contributed by atoms with Crippen LogP contribution in [0.5, 0.6) is 0 Å². The van der Waals surface area contributed by atoms with Crippen molar-refractivity contribution in [1.29, 1.82) is 0 Å². The molecule has 134 valence electrons. The van der Waals surface area contributed by atoms with Crippen molar-refractivity contribution in [1.82, 2.24) is 14.9 Å². The average Bonchev–Trinajstić information content (AvgIpc) is 3.24. The first-order valence-corrected chi connectivity index (χ1v) is 9.31. The van der Waals surface area contributed by atoms with Crippen molar-refractivity contribution < 1.29 is 9.72 Å². The van der Waals surface area contributed by atoms with Gasteiger partial charge < -0.3 is 11.2 Å². The van der Waals surface area contributed by atoms with Gasteiger partial charge in [0.1, 0.15) is 5.02 Å². The van der Waals surface area contributed by atoms with Gasteiger partial charge in [-0.05, 0) is 23.6 Å². The highest BCUT2D eigenvalue weighted by Crippen LogP contribution is 2.28. The molecule has 0 radical (unpaired) electrons. The van der Waals surface area contributed by atoms with Crippen LogP contribution in [0, 0.1) is 10.1 Å². The molecule has 2 heterocycles. The molecule has 0 aliphatic heterocycles. The van der Waals surface area contributed by atoms with Gasteiger partial charge >= 0.3 is 0 Å². The number of nitro benzene ring substituents is 1. The molecule has 9 nitrogen and oxygen atoms in total. The Bertz CT molecular complexity index is 960. The van der Waals surface area contributed by atoms with E-state index >= 15 is 0 Å². The van der Waals surface area contributed by atoms with Crippen molar-refractivity contribution >= 4 is 52.0 Å². The van der Waals surface area contributed by atoms with Gasteiger partial charge in [0.15, 0.2) is 5.82 Å². The van der Waals surface area contributed by atoms with Crippen LogP contribution in [0.1, 0.15) is 0 Å². The summed E-state index contributed by atoms with van der Waals surface area (Å²) in [6, 6.07) is 7.78. The third kappa shape index (κ3) is 3.95. The summed E-state index contributed by atoms with van der Waals surface area (Å²) in [6.07, 6.45) is 0. The predicted molar refractivity (Wildman–Crippen MR) is 101 cm³/mol. The Labute approximate surface area is 160 Å². The van der Waals surface area contributed by atoms with Crippen molar-refractivity contribution in [3.8, 4) is 10.7 Å². The lowest BCUT2D eigenvalue weighted by molar-refractivity contribution is -0.384. The fraction of sp³-hybridized carbons (Fsp3) is 0.0714. The predicted octanol–water partition coefficient (Wildman–Crippen LogP) is 3.01. The molecule has 1 amide bonds. The van der Waals surface area contributed by atoms with Crippen LogP contribution in [-0.4, -0.2) is 31.5 Å². The third-order valence-electron chi connectivity index (χ3n) is 3.17. The van der Waals surface area contributed by atoms with Crippen LogP contribution < -0.4 is 11.2 Å². The molecule has 0 unspecified atom stereocenters. The Morgan fingerprint density at radius 1 is 1.42 bits per heavy atom. The summed E-state index contributed by atoms with van der Waals surface area (Å²) in [5.74, 6) is 6.11. The molecule has 0 saturated heterocycles. The second-order valence-corrected chi connectivity index (χ2v) is 7.21. The number of benzene rings is 1. The smallest absolute Gasteiger partial charge is 0.289 e. The Kier molecular flexibility index (Phi) is 5.40. The van der Waals surface area contributed by atoms with Crippen LogP contribution in [0.4, 0.5) is 11.4 Å². The molecule has 12 heteroatoms. The maximum atomic E-state index is 12.1. The molecule has 0 saturated carbocycles. The number of hydrogen-bond donors (Lipinski definition) is 2. The van der Waals surface area contributed by atoms with Crippen LogP contribution in [-0.2, 0) is 4.79 Å². The largest absolute Gasteiger partial charge is 0.335 e. The van der Waals surface area contributed by atoms with E-state index in [0.717, 1.165) is 16.6 Å². The van der Waals surface area contributed by atoms with E-state index in [1.165, 1.54) is 34.2 Å². The average molecular weight is 411 g/mol. The van der Waals surface area contributed by atoms with Gasteiger partial charge in [0.2, 0.25) is 11.1 Å². The normalized spacial score (nSPS) is 10.7. The summed E-state index contributed by atoms with van der Waals surface area (Å²) in [7, 11) is 0. The summed E-state index contributed by atoms with van der Waals surface area (Å²) in [4.78, 5) is 23.2. The highest BCUT2D eigenvalue weighted by Gasteiger charge is 2.16. The Morgan fingerprint density at radius 2 is 2.23 bits per heavy atom. The van der Waals surface area contributed by atoms with Crippen LogP contribution in [0.2, 0.25) is 5.02 Å². The van der Waals surface area contributed by atoms with Crippen molar-refractivity contribution in [2.24, 2.45) is 0 Å². The molecule has 0 aliphatic rings. The maximum Gasteiger partial charge on any atom is 0.289 e. The highest BCUT2D eigenvalue weighted by atomic mass is 35.5.